The highest BCUT2D eigenvalue weighted by atomic mass is 16.6. The lowest BCUT2D eigenvalue weighted by molar-refractivity contribution is -0.150. The Labute approximate surface area is 137 Å². The highest BCUT2D eigenvalue weighted by Crippen LogP contribution is 2.17. The summed E-state index contributed by atoms with van der Waals surface area (Å²) < 4.78 is 9.61. The smallest absolute Gasteiger partial charge is 0.457 e. The molecule has 0 unspecified atom stereocenters. The zero-order chi connectivity index (χ0) is 17.7. The molecule has 0 N–H and O–H groups in total. The zero-order valence-electron chi connectivity index (χ0n) is 14.4. The number of hydrogen-bond donors (Lipinski definition) is 0. The number of unbranched alkanes of at least 4 members (excludes halogenated alkanes) is 3. The van der Waals surface area contributed by atoms with Crippen LogP contribution in [0.15, 0.2) is 17.9 Å². The van der Waals surface area contributed by atoms with Crippen LogP contribution in [-0.4, -0.2) is 35.7 Å². The number of esters is 2. The Kier molecular flexibility index (Phi) is 10.3. The molecule has 0 saturated heterocycles. The summed E-state index contributed by atoms with van der Waals surface area (Å²) in [5, 5.41) is 0. The molecular weight excluding hydrogens is 296 g/mol. The molecule has 0 aliphatic carbocycles. The molecule has 0 saturated carbocycles. The lowest BCUT2D eigenvalue weighted by atomic mass is 9.95. The van der Waals surface area contributed by atoms with Crippen molar-refractivity contribution in [3.05, 3.63) is 23.4 Å². The first-order valence-corrected chi connectivity index (χ1v) is 7.86. The van der Waals surface area contributed by atoms with Crippen LogP contribution in [0.3, 0.4) is 0 Å². The van der Waals surface area contributed by atoms with Crippen LogP contribution in [0.1, 0.15) is 53.4 Å². The van der Waals surface area contributed by atoms with Gasteiger partial charge in [0.1, 0.15) is 6.61 Å². The topological polar surface area (TPSA) is 89.0 Å². The molecule has 0 fully saturated rings. The van der Waals surface area contributed by atoms with E-state index in [4.69, 9.17) is 10.3 Å². The summed E-state index contributed by atoms with van der Waals surface area (Å²) in [5.41, 5.74) is 10.6. The molecule has 23 heavy (non-hydrogen) atoms. The molecule has 0 rings (SSSR count). The van der Waals surface area contributed by atoms with Crippen molar-refractivity contribution in [2.24, 2.45) is 5.41 Å². The second-order valence-electron chi connectivity index (χ2n) is 5.74. The van der Waals surface area contributed by atoms with Crippen LogP contribution in [0.5, 0.6) is 0 Å². The molecule has 0 radical (unpaired) electrons. The molecule has 0 aliphatic heterocycles. The van der Waals surface area contributed by atoms with Gasteiger partial charge in [0.2, 0.25) is 0 Å². The van der Waals surface area contributed by atoms with E-state index in [9.17, 15) is 9.59 Å². The predicted octanol–water partition coefficient (Wildman–Crippen LogP) is 3.08. The minimum atomic E-state index is -1.01. The third-order valence-corrected chi connectivity index (χ3v) is 2.88. The summed E-state index contributed by atoms with van der Waals surface area (Å²) in [6.07, 6.45) is 8.22. The first kappa shape index (κ1) is 20.8. The maximum absolute atomic E-state index is 11.7. The average Bonchev–Trinajstić information content (AvgIpc) is 2.50. The summed E-state index contributed by atoms with van der Waals surface area (Å²) in [7, 11) is 0. The van der Waals surface area contributed by atoms with E-state index in [0.29, 0.717) is 0 Å². The van der Waals surface area contributed by atoms with Gasteiger partial charge >= 0.3 is 17.7 Å². The molecule has 128 valence electrons. The van der Waals surface area contributed by atoms with E-state index in [0.717, 1.165) is 12.8 Å². The van der Waals surface area contributed by atoms with Crippen molar-refractivity contribution in [2.45, 2.75) is 53.4 Å². The van der Waals surface area contributed by atoms with Gasteiger partial charge in [-0.3, -0.25) is 0 Å². The Bertz CT molecular complexity index is 511. The summed E-state index contributed by atoms with van der Waals surface area (Å²) in [4.78, 5) is 25.8. The lowest BCUT2D eigenvalue weighted by Crippen LogP contribution is -2.31. The highest BCUT2D eigenvalue weighted by molar-refractivity contribution is 6.60. The number of ether oxygens (including phenoxy) is 2. The number of hydrogen-bond acceptors (Lipinski definition) is 4. The Morgan fingerprint density at radius 1 is 1.17 bits per heavy atom. The highest BCUT2D eigenvalue weighted by Gasteiger charge is 2.34. The molecule has 0 aromatic heterocycles. The maximum atomic E-state index is 11.7. The monoisotopic (exact) mass is 322 g/mol. The Morgan fingerprint density at radius 2 is 1.83 bits per heavy atom. The number of carbonyl (C=O) groups excluding carboxylic acids is 2. The van der Waals surface area contributed by atoms with Crippen LogP contribution in [0.4, 0.5) is 0 Å². The van der Waals surface area contributed by atoms with E-state index in [-0.39, 0.29) is 13.2 Å². The van der Waals surface area contributed by atoms with Gasteiger partial charge in [0.05, 0.1) is 6.61 Å². The summed E-state index contributed by atoms with van der Waals surface area (Å²) in [5.74, 6) is -2.02. The fraction of sp³-hybridized carbons (Fsp3) is 0.647. The molecular formula is C17H26N2O4. The van der Waals surface area contributed by atoms with Gasteiger partial charge in [-0.25, -0.2) is 9.59 Å². The van der Waals surface area contributed by atoms with E-state index < -0.39 is 23.1 Å². The third-order valence-electron chi connectivity index (χ3n) is 2.88. The molecule has 0 bridgehead atoms. The summed E-state index contributed by atoms with van der Waals surface area (Å²) in [6, 6.07) is 0. The van der Waals surface area contributed by atoms with Crippen molar-refractivity contribution in [3.8, 4) is 0 Å². The summed E-state index contributed by atoms with van der Waals surface area (Å²) >= 11 is 0. The maximum Gasteiger partial charge on any atom is 0.482 e. The largest absolute Gasteiger partial charge is 0.482 e. The zero-order valence-corrected chi connectivity index (χ0v) is 14.4. The van der Waals surface area contributed by atoms with Gasteiger partial charge < -0.3 is 15.0 Å². The quantitative estimate of drug-likeness (QED) is 0.118. The molecule has 0 aromatic rings. The first-order chi connectivity index (χ1) is 10.9. The second-order valence-corrected chi connectivity index (χ2v) is 5.74. The van der Waals surface area contributed by atoms with E-state index in [2.05, 4.69) is 22.2 Å². The molecule has 0 atom stereocenters. The van der Waals surface area contributed by atoms with Gasteiger partial charge in [-0.1, -0.05) is 33.6 Å². The van der Waals surface area contributed by atoms with Gasteiger partial charge in [0, 0.05) is 5.41 Å². The molecule has 0 heterocycles. The number of nitrogens with zero attached hydrogens (tertiary/aromatic N) is 2. The van der Waals surface area contributed by atoms with Gasteiger partial charge in [-0.2, -0.15) is 4.79 Å². The van der Waals surface area contributed by atoms with Gasteiger partial charge in [-0.05, 0) is 31.9 Å². The van der Waals surface area contributed by atoms with E-state index in [1.165, 1.54) is 12.8 Å². The minimum Gasteiger partial charge on any atom is -0.457 e. The molecule has 0 aromatic carbocycles. The molecule has 6 nitrogen and oxygen atoms in total. The molecule has 0 amide bonds. The second kappa shape index (κ2) is 11.4. The van der Waals surface area contributed by atoms with Crippen molar-refractivity contribution in [1.82, 2.24) is 0 Å². The fourth-order valence-electron chi connectivity index (χ4n) is 1.59. The first-order valence-electron chi connectivity index (χ1n) is 7.86. The van der Waals surface area contributed by atoms with Crippen LogP contribution >= 0.6 is 0 Å². The normalized spacial score (nSPS) is 10.1. The predicted molar refractivity (Wildman–Crippen MR) is 86.8 cm³/mol. The average molecular weight is 322 g/mol. The standard InChI is InChI=1S/C17H26N2O4/c1-5-7-8-9-10-11-12-17(3,4)13-23-16(21)14(19-18)15(20)22-6-2/h10,12H,5-9,13H2,1-4H3. The van der Waals surface area contributed by atoms with Crippen LogP contribution in [0, 0.1) is 5.41 Å². The van der Waals surface area contributed by atoms with Crippen molar-refractivity contribution in [2.75, 3.05) is 13.2 Å². The van der Waals surface area contributed by atoms with Crippen LogP contribution in [0.25, 0.3) is 5.53 Å². The lowest BCUT2D eigenvalue weighted by Gasteiger charge is -2.17. The van der Waals surface area contributed by atoms with Crippen LogP contribution < -0.4 is 0 Å². The third kappa shape index (κ3) is 9.46. The van der Waals surface area contributed by atoms with Gasteiger partial charge in [0.15, 0.2) is 0 Å². The number of carbonyl (C=O) groups is 2. The van der Waals surface area contributed by atoms with Crippen LogP contribution in [-0.2, 0) is 19.1 Å². The fourth-order valence-corrected chi connectivity index (χ4v) is 1.59. The Hall–Kier alpha value is -2.16. The molecule has 6 heteroatoms. The summed E-state index contributed by atoms with van der Waals surface area (Å²) in [6.45, 7) is 7.57. The van der Waals surface area contributed by atoms with Crippen LogP contribution in [0.2, 0.25) is 0 Å². The van der Waals surface area contributed by atoms with E-state index in [1.807, 2.05) is 26.0 Å². The molecule has 0 aliphatic rings. The SMILES string of the molecule is CCCCCC=C=CC(C)(C)COC(=O)C(=[N+]=[N-])C(=O)OCC. The van der Waals surface area contributed by atoms with Gasteiger partial charge in [0.25, 0.3) is 0 Å². The van der Waals surface area contributed by atoms with E-state index in [1.54, 1.807) is 6.92 Å². The van der Waals surface area contributed by atoms with E-state index >= 15 is 0 Å². The van der Waals surface area contributed by atoms with Gasteiger partial charge in [-0.15, -0.1) is 5.73 Å². The Morgan fingerprint density at radius 3 is 2.39 bits per heavy atom. The van der Waals surface area contributed by atoms with Crippen molar-refractivity contribution >= 4 is 17.7 Å². The van der Waals surface area contributed by atoms with Crippen molar-refractivity contribution < 1.29 is 23.9 Å². The van der Waals surface area contributed by atoms with Crippen molar-refractivity contribution in [3.63, 3.8) is 0 Å². The number of rotatable bonds is 10. The minimum absolute atomic E-state index is 0.0278. The van der Waals surface area contributed by atoms with Crippen molar-refractivity contribution in [1.29, 1.82) is 0 Å². The molecule has 0 spiro atoms. The Balaban J connectivity index is 4.51.